The van der Waals surface area contributed by atoms with Gasteiger partial charge in [0.1, 0.15) is 5.78 Å². The van der Waals surface area contributed by atoms with Gasteiger partial charge in [0.15, 0.2) is 0 Å². The number of pyridine rings is 1. The summed E-state index contributed by atoms with van der Waals surface area (Å²) in [4.78, 5) is 15.8. The quantitative estimate of drug-likeness (QED) is 0.672. The summed E-state index contributed by atoms with van der Waals surface area (Å²) in [5.74, 6) is 1.70. The molecule has 0 aliphatic carbocycles. The Morgan fingerprint density at radius 3 is 2.71 bits per heavy atom. The van der Waals surface area contributed by atoms with Crippen molar-refractivity contribution >= 4 is 5.78 Å². The largest absolute Gasteiger partial charge is 0.299 e. The zero-order valence-corrected chi connectivity index (χ0v) is 11.1. The van der Waals surface area contributed by atoms with Gasteiger partial charge in [0.05, 0.1) is 0 Å². The van der Waals surface area contributed by atoms with E-state index in [-0.39, 0.29) is 5.92 Å². The maximum Gasteiger partial charge on any atom is 0.136 e. The van der Waals surface area contributed by atoms with E-state index < -0.39 is 0 Å². The number of Topliss-reactive ketones (excluding diaryl/α,β-unsaturated/α-hetero) is 1. The Morgan fingerprint density at radius 1 is 1.35 bits per heavy atom. The van der Waals surface area contributed by atoms with Crippen molar-refractivity contribution in [3.63, 3.8) is 0 Å². The maximum absolute atomic E-state index is 11.8. The molecule has 0 bridgehead atoms. The Kier molecular flexibility index (Phi) is 5.88. The molecular formula is C15H22NO. The van der Waals surface area contributed by atoms with Crippen molar-refractivity contribution in [3.8, 4) is 0 Å². The van der Waals surface area contributed by atoms with Gasteiger partial charge in [-0.25, -0.2) is 0 Å². The molecule has 0 aromatic carbocycles. The van der Waals surface area contributed by atoms with Crippen molar-refractivity contribution in [1.29, 1.82) is 0 Å². The van der Waals surface area contributed by atoms with Gasteiger partial charge in [-0.05, 0) is 36.8 Å². The van der Waals surface area contributed by atoms with Gasteiger partial charge in [0.2, 0.25) is 0 Å². The Labute approximate surface area is 104 Å². The Bertz CT molecular complexity index is 332. The smallest absolute Gasteiger partial charge is 0.136 e. The third-order valence-electron chi connectivity index (χ3n) is 3.21. The average Bonchev–Trinajstić information content (AvgIpc) is 2.34. The molecule has 2 heteroatoms. The van der Waals surface area contributed by atoms with Gasteiger partial charge in [-0.3, -0.25) is 9.78 Å². The summed E-state index contributed by atoms with van der Waals surface area (Å²) >= 11 is 0. The summed E-state index contributed by atoms with van der Waals surface area (Å²) in [5, 5.41) is 0. The van der Waals surface area contributed by atoms with Crippen LogP contribution in [0, 0.1) is 11.8 Å². The summed E-state index contributed by atoms with van der Waals surface area (Å²) in [6.07, 6.45) is 7.44. The molecule has 93 valence electrons. The Balaban J connectivity index is 2.18. The molecular weight excluding hydrogens is 210 g/mol. The van der Waals surface area contributed by atoms with Gasteiger partial charge in [0, 0.05) is 24.7 Å². The molecule has 0 saturated heterocycles. The Hall–Kier alpha value is -1.18. The number of hydrogen-bond acceptors (Lipinski definition) is 2. The molecule has 0 spiro atoms. The van der Waals surface area contributed by atoms with Gasteiger partial charge < -0.3 is 0 Å². The van der Waals surface area contributed by atoms with Crippen LogP contribution in [0.5, 0.6) is 0 Å². The normalized spacial score (nSPS) is 12.7. The van der Waals surface area contributed by atoms with E-state index in [0.29, 0.717) is 12.2 Å². The third-order valence-corrected chi connectivity index (χ3v) is 3.21. The molecule has 0 amide bonds. The lowest BCUT2D eigenvalue weighted by atomic mass is 9.91. The molecule has 1 radical (unpaired) electrons. The predicted octanol–water partition coefficient (Wildman–Crippen LogP) is 3.61. The van der Waals surface area contributed by atoms with E-state index >= 15 is 0 Å². The first kappa shape index (κ1) is 13.9. The SMILES string of the molecule is C[C](C)C(C)C(=O)CCCCc1cccnc1. The average molecular weight is 232 g/mol. The van der Waals surface area contributed by atoms with Gasteiger partial charge >= 0.3 is 0 Å². The lowest BCUT2D eigenvalue weighted by Crippen LogP contribution is -2.15. The molecule has 1 heterocycles. The van der Waals surface area contributed by atoms with Crippen LogP contribution in [-0.2, 0) is 11.2 Å². The standard InChI is InChI=1S/C15H22NO/c1-12(2)13(3)15(17)9-5-4-7-14-8-6-10-16-11-14/h6,8,10-11,13H,4-5,7,9H2,1-3H3. The van der Waals surface area contributed by atoms with E-state index in [1.54, 1.807) is 6.20 Å². The van der Waals surface area contributed by atoms with Crippen molar-refractivity contribution in [2.24, 2.45) is 5.92 Å². The first-order valence-corrected chi connectivity index (χ1v) is 6.33. The molecule has 1 unspecified atom stereocenters. The molecule has 1 atom stereocenters. The fourth-order valence-corrected chi connectivity index (χ4v) is 1.71. The first-order chi connectivity index (χ1) is 8.11. The van der Waals surface area contributed by atoms with E-state index in [1.807, 2.05) is 33.0 Å². The minimum Gasteiger partial charge on any atom is -0.299 e. The summed E-state index contributed by atoms with van der Waals surface area (Å²) < 4.78 is 0. The van der Waals surface area contributed by atoms with Crippen LogP contribution < -0.4 is 0 Å². The van der Waals surface area contributed by atoms with Gasteiger partial charge in [-0.15, -0.1) is 0 Å². The van der Waals surface area contributed by atoms with Crippen LogP contribution in [0.3, 0.4) is 0 Å². The van der Waals surface area contributed by atoms with Crippen LogP contribution in [-0.4, -0.2) is 10.8 Å². The highest BCUT2D eigenvalue weighted by molar-refractivity contribution is 5.82. The van der Waals surface area contributed by atoms with E-state index in [9.17, 15) is 4.79 Å². The number of nitrogens with zero attached hydrogens (tertiary/aromatic N) is 1. The second-order valence-electron chi connectivity index (χ2n) is 4.83. The van der Waals surface area contributed by atoms with Crippen LogP contribution in [0.1, 0.15) is 45.6 Å². The highest BCUT2D eigenvalue weighted by atomic mass is 16.1. The monoisotopic (exact) mass is 232 g/mol. The van der Waals surface area contributed by atoms with Gasteiger partial charge in [0.25, 0.3) is 0 Å². The fourth-order valence-electron chi connectivity index (χ4n) is 1.71. The summed E-state index contributed by atoms with van der Waals surface area (Å²) in [5.41, 5.74) is 1.26. The maximum atomic E-state index is 11.8. The van der Waals surface area contributed by atoms with Crippen LogP contribution in [0.25, 0.3) is 0 Å². The topological polar surface area (TPSA) is 30.0 Å². The minimum absolute atomic E-state index is 0.119. The van der Waals surface area contributed by atoms with Crippen LogP contribution in [0.2, 0.25) is 0 Å². The second-order valence-corrected chi connectivity index (χ2v) is 4.83. The lowest BCUT2D eigenvalue weighted by molar-refractivity contribution is -0.121. The molecule has 0 aliphatic heterocycles. The van der Waals surface area contributed by atoms with E-state index in [4.69, 9.17) is 0 Å². The second kappa shape index (κ2) is 7.21. The molecule has 2 nitrogen and oxygen atoms in total. The minimum atomic E-state index is 0.119. The summed E-state index contributed by atoms with van der Waals surface area (Å²) in [6.45, 7) is 6.05. The van der Waals surface area contributed by atoms with E-state index in [1.165, 1.54) is 11.5 Å². The molecule has 0 saturated carbocycles. The number of aromatic nitrogens is 1. The highest BCUT2D eigenvalue weighted by Gasteiger charge is 2.15. The molecule has 0 aliphatic rings. The molecule has 0 N–H and O–H groups in total. The summed E-state index contributed by atoms with van der Waals surface area (Å²) in [7, 11) is 0. The van der Waals surface area contributed by atoms with E-state index in [0.717, 1.165) is 19.3 Å². The molecule has 0 fully saturated rings. The zero-order chi connectivity index (χ0) is 12.7. The van der Waals surface area contributed by atoms with Crippen molar-refractivity contribution in [1.82, 2.24) is 4.98 Å². The number of rotatable bonds is 7. The number of ketones is 1. The third kappa shape index (κ3) is 5.12. The Morgan fingerprint density at radius 2 is 2.12 bits per heavy atom. The first-order valence-electron chi connectivity index (χ1n) is 6.33. The fraction of sp³-hybridized carbons (Fsp3) is 0.533. The number of hydrogen-bond donors (Lipinski definition) is 0. The van der Waals surface area contributed by atoms with Crippen molar-refractivity contribution in [2.45, 2.75) is 46.5 Å². The van der Waals surface area contributed by atoms with Crippen molar-refractivity contribution < 1.29 is 4.79 Å². The lowest BCUT2D eigenvalue weighted by Gasteiger charge is -2.13. The zero-order valence-electron chi connectivity index (χ0n) is 11.1. The van der Waals surface area contributed by atoms with Crippen molar-refractivity contribution in [3.05, 3.63) is 36.0 Å². The van der Waals surface area contributed by atoms with Crippen LogP contribution >= 0.6 is 0 Å². The number of carbonyl (C=O) groups excluding carboxylic acids is 1. The molecule has 17 heavy (non-hydrogen) atoms. The van der Waals surface area contributed by atoms with Crippen LogP contribution in [0.15, 0.2) is 24.5 Å². The molecule has 1 rings (SSSR count). The number of unbranched alkanes of at least 4 members (excludes halogenated alkanes) is 1. The van der Waals surface area contributed by atoms with Gasteiger partial charge in [-0.2, -0.15) is 0 Å². The van der Waals surface area contributed by atoms with E-state index in [2.05, 4.69) is 11.1 Å². The molecule has 1 aromatic heterocycles. The molecule has 1 aromatic rings. The number of carbonyl (C=O) groups is 1. The van der Waals surface area contributed by atoms with Crippen LogP contribution in [0.4, 0.5) is 0 Å². The summed E-state index contributed by atoms with van der Waals surface area (Å²) in [6, 6.07) is 4.04. The highest BCUT2D eigenvalue weighted by Crippen LogP contribution is 2.16. The number of aryl methyl sites for hydroxylation is 1. The van der Waals surface area contributed by atoms with Gasteiger partial charge in [-0.1, -0.05) is 26.8 Å². The van der Waals surface area contributed by atoms with Crippen molar-refractivity contribution in [2.75, 3.05) is 0 Å². The predicted molar refractivity (Wildman–Crippen MR) is 70.6 cm³/mol.